The second kappa shape index (κ2) is 8.56. The van der Waals surface area contributed by atoms with Gasteiger partial charge in [0.1, 0.15) is 11.2 Å². The fraction of sp³-hybridized carbons (Fsp3) is 0.565. The summed E-state index contributed by atoms with van der Waals surface area (Å²) in [7, 11) is 0. The first-order valence-electron chi connectivity index (χ1n) is 10.9. The van der Waals surface area contributed by atoms with Gasteiger partial charge in [-0.3, -0.25) is 9.59 Å². The SMILES string of the molecule is O=C(NCCC1=CCCCC1)C1(C(=O)N2CCN(c3ccccc3F)CC2)CC1. The van der Waals surface area contributed by atoms with E-state index in [1.807, 2.05) is 11.0 Å². The Kier molecular flexibility index (Phi) is 5.88. The molecule has 2 aliphatic carbocycles. The third kappa shape index (κ3) is 4.31. The van der Waals surface area contributed by atoms with Crippen LogP contribution in [0.5, 0.6) is 0 Å². The molecule has 29 heavy (non-hydrogen) atoms. The van der Waals surface area contributed by atoms with E-state index in [-0.39, 0.29) is 17.6 Å². The summed E-state index contributed by atoms with van der Waals surface area (Å²) >= 11 is 0. The molecule has 0 bridgehead atoms. The Morgan fingerprint density at radius 1 is 1.07 bits per heavy atom. The number of halogens is 1. The molecular weight excluding hydrogens is 369 g/mol. The first kappa shape index (κ1) is 19.9. The van der Waals surface area contributed by atoms with Crippen LogP contribution < -0.4 is 10.2 Å². The summed E-state index contributed by atoms with van der Waals surface area (Å²) in [6.45, 7) is 2.82. The highest BCUT2D eigenvalue weighted by molar-refractivity contribution is 6.07. The predicted octanol–water partition coefficient (Wildman–Crippen LogP) is 3.26. The number of nitrogens with zero attached hydrogens (tertiary/aromatic N) is 2. The van der Waals surface area contributed by atoms with Crippen molar-refractivity contribution in [2.24, 2.45) is 5.41 Å². The van der Waals surface area contributed by atoms with Gasteiger partial charge in [-0.25, -0.2) is 4.39 Å². The molecular formula is C23H30FN3O2. The van der Waals surface area contributed by atoms with Crippen LogP contribution >= 0.6 is 0 Å². The van der Waals surface area contributed by atoms with E-state index in [0.717, 1.165) is 19.3 Å². The number of nitrogens with one attached hydrogen (secondary N) is 1. The molecule has 5 nitrogen and oxygen atoms in total. The fourth-order valence-corrected chi connectivity index (χ4v) is 4.46. The van der Waals surface area contributed by atoms with Crippen molar-refractivity contribution >= 4 is 17.5 Å². The molecule has 1 aliphatic heterocycles. The van der Waals surface area contributed by atoms with Gasteiger partial charge in [0, 0.05) is 32.7 Å². The maximum atomic E-state index is 14.0. The molecule has 2 amide bonds. The fourth-order valence-electron chi connectivity index (χ4n) is 4.46. The summed E-state index contributed by atoms with van der Waals surface area (Å²) in [5, 5.41) is 3.01. The van der Waals surface area contributed by atoms with Gasteiger partial charge in [-0.05, 0) is 57.1 Å². The van der Waals surface area contributed by atoms with Crippen LogP contribution in [0, 0.1) is 11.2 Å². The summed E-state index contributed by atoms with van der Waals surface area (Å²) < 4.78 is 14.0. The zero-order valence-electron chi connectivity index (χ0n) is 17.0. The van der Waals surface area contributed by atoms with Crippen LogP contribution in [0.4, 0.5) is 10.1 Å². The molecule has 2 fully saturated rings. The minimum atomic E-state index is -0.860. The highest BCUT2D eigenvalue weighted by atomic mass is 19.1. The summed E-state index contributed by atoms with van der Waals surface area (Å²) in [6, 6.07) is 6.73. The number of carbonyl (C=O) groups excluding carboxylic acids is 2. The van der Waals surface area contributed by atoms with Gasteiger partial charge in [-0.2, -0.15) is 0 Å². The molecule has 0 aromatic heterocycles. The maximum Gasteiger partial charge on any atom is 0.238 e. The van der Waals surface area contributed by atoms with Crippen LogP contribution in [0.2, 0.25) is 0 Å². The van der Waals surface area contributed by atoms with Crippen LogP contribution in [-0.2, 0) is 9.59 Å². The lowest BCUT2D eigenvalue weighted by atomic mass is 9.97. The predicted molar refractivity (Wildman–Crippen MR) is 111 cm³/mol. The Morgan fingerprint density at radius 3 is 2.48 bits per heavy atom. The minimum Gasteiger partial charge on any atom is -0.366 e. The highest BCUT2D eigenvalue weighted by Gasteiger charge is 2.58. The van der Waals surface area contributed by atoms with E-state index in [0.29, 0.717) is 51.3 Å². The van der Waals surface area contributed by atoms with E-state index in [1.54, 1.807) is 17.0 Å². The van der Waals surface area contributed by atoms with Crippen LogP contribution in [-0.4, -0.2) is 49.4 Å². The summed E-state index contributed by atoms with van der Waals surface area (Å²) in [5.41, 5.74) is 1.15. The third-order valence-corrected chi connectivity index (χ3v) is 6.47. The number of hydrogen-bond donors (Lipinski definition) is 1. The van der Waals surface area contributed by atoms with Gasteiger partial charge in [0.2, 0.25) is 11.8 Å². The van der Waals surface area contributed by atoms with Crippen LogP contribution in [0.1, 0.15) is 44.9 Å². The Bertz CT molecular complexity index is 795. The van der Waals surface area contributed by atoms with Crippen LogP contribution in [0.3, 0.4) is 0 Å². The van der Waals surface area contributed by atoms with Crippen molar-refractivity contribution in [1.29, 1.82) is 0 Å². The van der Waals surface area contributed by atoms with Crippen molar-refractivity contribution in [2.45, 2.75) is 44.9 Å². The van der Waals surface area contributed by atoms with Gasteiger partial charge < -0.3 is 15.1 Å². The summed E-state index contributed by atoms with van der Waals surface area (Å²) in [6.07, 6.45) is 9.22. The average molecular weight is 400 g/mol. The van der Waals surface area contributed by atoms with Crippen LogP contribution in [0.15, 0.2) is 35.9 Å². The zero-order valence-corrected chi connectivity index (χ0v) is 17.0. The molecule has 1 aromatic rings. The summed E-state index contributed by atoms with van der Waals surface area (Å²) in [4.78, 5) is 29.6. The van der Waals surface area contributed by atoms with Crippen molar-refractivity contribution in [3.8, 4) is 0 Å². The molecule has 1 saturated carbocycles. The van der Waals surface area contributed by atoms with Gasteiger partial charge in [0.05, 0.1) is 5.69 Å². The number of para-hydroxylation sites is 1. The molecule has 0 radical (unpaired) electrons. The lowest BCUT2D eigenvalue weighted by Gasteiger charge is -2.37. The molecule has 1 heterocycles. The minimum absolute atomic E-state index is 0.0555. The van der Waals surface area contributed by atoms with E-state index in [4.69, 9.17) is 0 Å². The standard InChI is InChI=1S/C23H30FN3O2/c24-19-8-4-5-9-20(19)26-14-16-27(17-15-26)22(29)23(11-12-23)21(28)25-13-10-18-6-2-1-3-7-18/h4-6,8-9H,1-3,7,10-17H2,(H,25,28). The Labute approximate surface area is 171 Å². The molecule has 4 rings (SSSR count). The smallest absolute Gasteiger partial charge is 0.238 e. The van der Waals surface area contributed by atoms with E-state index in [2.05, 4.69) is 11.4 Å². The average Bonchev–Trinajstić information content (AvgIpc) is 3.57. The van der Waals surface area contributed by atoms with Gasteiger partial charge in [0.25, 0.3) is 0 Å². The number of carbonyl (C=O) groups is 2. The van der Waals surface area contributed by atoms with E-state index < -0.39 is 5.41 Å². The number of amides is 2. The lowest BCUT2D eigenvalue weighted by Crippen LogP contribution is -2.53. The van der Waals surface area contributed by atoms with Gasteiger partial charge in [-0.15, -0.1) is 0 Å². The number of allylic oxidation sites excluding steroid dienone is 1. The van der Waals surface area contributed by atoms with Crippen molar-refractivity contribution in [2.75, 3.05) is 37.6 Å². The molecule has 0 spiro atoms. The topological polar surface area (TPSA) is 52.7 Å². The number of piperazine rings is 1. The van der Waals surface area contributed by atoms with Gasteiger partial charge in [-0.1, -0.05) is 23.8 Å². The monoisotopic (exact) mass is 399 g/mol. The molecule has 3 aliphatic rings. The molecule has 1 saturated heterocycles. The molecule has 6 heteroatoms. The van der Waals surface area contributed by atoms with E-state index >= 15 is 0 Å². The highest BCUT2D eigenvalue weighted by Crippen LogP contribution is 2.47. The normalized spacial score (nSPS) is 20.8. The number of rotatable bonds is 6. The van der Waals surface area contributed by atoms with Crippen molar-refractivity contribution in [3.63, 3.8) is 0 Å². The second-order valence-corrected chi connectivity index (χ2v) is 8.43. The van der Waals surface area contributed by atoms with Gasteiger partial charge in [0.15, 0.2) is 0 Å². The van der Waals surface area contributed by atoms with Crippen molar-refractivity contribution < 1.29 is 14.0 Å². The largest absolute Gasteiger partial charge is 0.366 e. The number of hydrogen-bond acceptors (Lipinski definition) is 3. The zero-order chi connectivity index (χ0) is 20.3. The quantitative estimate of drug-likeness (QED) is 0.590. The molecule has 0 atom stereocenters. The van der Waals surface area contributed by atoms with Crippen LogP contribution in [0.25, 0.3) is 0 Å². The second-order valence-electron chi connectivity index (χ2n) is 8.43. The summed E-state index contributed by atoms with van der Waals surface area (Å²) in [5.74, 6) is -0.408. The van der Waals surface area contributed by atoms with E-state index in [9.17, 15) is 14.0 Å². The van der Waals surface area contributed by atoms with E-state index in [1.165, 1.54) is 24.5 Å². The molecule has 156 valence electrons. The van der Waals surface area contributed by atoms with Crippen molar-refractivity contribution in [1.82, 2.24) is 10.2 Å². The molecule has 0 unspecified atom stereocenters. The number of anilines is 1. The first-order valence-corrected chi connectivity index (χ1v) is 10.9. The Balaban J connectivity index is 1.28. The van der Waals surface area contributed by atoms with Gasteiger partial charge >= 0.3 is 0 Å². The van der Waals surface area contributed by atoms with Crippen molar-refractivity contribution in [3.05, 3.63) is 41.7 Å². The number of benzene rings is 1. The Morgan fingerprint density at radius 2 is 1.83 bits per heavy atom. The molecule has 1 N–H and O–H groups in total. The maximum absolute atomic E-state index is 14.0. The first-order chi connectivity index (χ1) is 14.1. The molecule has 1 aromatic carbocycles. The lowest BCUT2D eigenvalue weighted by molar-refractivity contribution is -0.144. The third-order valence-electron chi connectivity index (χ3n) is 6.47. The Hall–Kier alpha value is -2.37.